The van der Waals surface area contributed by atoms with Gasteiger partial charge in [0.05, 0.1) is 16.6 Å². The standard InChI is InChI=1S/C27H31ClN2O3S/c1-19(2)17-25(22-9-6-5-7-10-22)29-27(31)18-30(26-12-8-11-24(28)21(26)4)34(32,33)23-15-13-20(3)14-16-23/h5-16,19,25H,17-18H2,1-4H3,(H,29,31)/t25-/m1/s1. The molecule has 0 radical (unpaired) electrons. The second-order valence-corrected chi connectivity index (χ2v) is 11.1. The topological polar surface area (TPSA) is 66.5 Å². The van der Waals surface area contributed by atoms with E-state index in [4.69, 9.17) is 11.6 Å². The van der Waals surface area contributed by atoms with Crippen LogP contribution in [0.1, 0.15) is 43.0 Å². The molecule has 7 heteroatoms. The van der Waals surface area contributed by atoms with Gasteiger partial charge in [-0.05, 0) is 61.6 Å². The quantitative estimate of drug-likeness (QED) is 0.390. The molecule has 180 valence electrons. The first-order valence-electron chi connectivity index (χ1n) is 11.3. The summed E-state index contributed by atoms with van der Waals surface area (Å²) in [5, 5.41) is 3.49. The van der Waals surface area contributed by atoms with Gasteiger partial charge in [0.25, 0.3) is 10.0 Å². The molecule has 0 unspecified atom stereocenters. The van der Waals surface area contributed by atoms with Crippen LogP contribution in [0.15, 0.2) is 77.7 Å². The van der Waals surface area contributed by atoms with E-state index in [0.717, 1.165) is 21.9 Å². The molecule has 0 spiro atoms. The van der Waals surface area contributed by atoms with Crippen molar-refractivity contribution in [2.75, 3.05) is 10.8 Å². The largest absolute Gasteiger partial charge is 0.348 e. The maximum Gasteiger partial charge on any atom is 0.264 e. The van der Waals surface area contributed by atoms with Crippen LogP contribution in [-0.4, -0.2) is 20.9 Å². The highest BCUT2D eigenvalue weighted by atomic mass is 35.5. The van der Waals surface area contributed by atoms with Crippen molar-refractivity contribution in [1.29, 1.82) is 0 Å². The second kappa shape index (κ2) is 11.1. The highest BCUT2D eigenvalue weighted by Gasteiger charge is 2.29. The number of amides is 1. The molecule has 0 aliphatic heterocycles. The van der Waals surface area contributed by atoms with Crippen LogP contribution in [-0.2, 0) is 14.8 Å². The Morgan fingerprint density at radius 1 is 0.941 bits per heavy atom. The van der Waals surface area contributed by atoms with Gasteiger partial charge in [-0.25, -0.2) is 8.42 Å². The lowest BCUT2D eigenvalue weighted by Crippen LogP contribution is -2.42. The van der Waals surface area contributed by atoms with Gasteiger partial charge in [0.2, 0.25) is 5.91 Å². The van der Waals surface area contributed by atoms with E-state index < -0.39 is 10.0 Å². The summed E-state index contributed by atoms with van der Waals surface area (Å²) in [6, 6.07) is 21.1. The van der Waals surface area contributed by atoms with Gasteiger partial charge >= 0.3 is 0 Å². The zero-order valence-corrected chi connectivity index (χ0v) is 21.5. The van der Waals surface area contributed by atoms with E-state index >= 15 is 0 Å². The summed E-state index contributed by atoms with van der Waals surface area (Å²) < 4.78 is 28.5. The average Bonchev–Trinajstić information content (AvgIpc) is 2.79. The maximum absolute atomic E-state index is 13.7. The molecule has 0 aliphatic carbocycles. The molecule has 0 heterocycles. The molecule has 0 aromatic heterocycles. The number of anilines is 1. The highest BCUT2D eigenvalue weighted by molar-refractivity contribution is 7.92. The summed E-state index contributed by atoms with van der Waals surface area (Å²) in [6.07, 6.45) is 0.733. The Morgan fingerprint density at radius 2 is 1.59 bits per heavy atom. The minimum atomic E-state index is -4.01. The van der Waals surface area contributed by atoms with E-state index in [2.05, 4.69) is 19.2 Å². The molecule has 0 aliphatic rings. The summed E-state index contributed by atoms with van der Waals surface area (Å²) in [4.78, 5) is 13.4. The number of nitrogens with zero attached hydrogens (tertiary/aromatic N) is 1. The van der Waals surface area contributed by atoms with Crippen LogP contribution in [0.3, 0.4) is 0 Å². The van der Waals surface area contributed by atoms with E-state index in [1.807, 2.05) is 37.3 Å². The van der Waals surface area contributed by atoms with Crippen molar-refractivity contribution in [2.45, 2.75) is 45.1 Å². The fourth-order valence-electron chi connectivity index (χ4n) is 3.81. The SMILES string of the molecule is Cc1ccc(S(=O)(=O)N(CC(=O)N[C@H](CC(C)C)c2ccccc2)c2cccc(Cl)c2C)cc1. The van der Waals surface area contributed by atoms with Gasteiger partial charge in [0.15, 0.2) is 0 Å². The van der Waals surface area contributed by atoms with Crippen molar-refractivity contribution < 1.29 is 13.2 Å². The predicted molar refractivity (Wildman–Crippen MR) is 139 cm³/mol. The van der Waals surface area contributed by atoms with Crippen LogP contribution in [0.5, 0.6) is 0 Å². The molecular formula is C27H31ClN2O3S. The van der Waals surface area contributed by atoms with Gasteiger partial charge in [-0.15, -0.1) is 0 Å². The summed E-state index contributed by atoms with van der Waals surface area (Å²) in [6.45, 7) is 7.45. The van der Waals surface area contributed by atoms with E-state index in [0.29, 0.717) is 22.2 Å². The zero-order valence-electron chi connectivity index (χ0n) is 20.0. The highest BCUT2D eigenvalue weighted by Crippen LogP contribution is 2.31. The number of benzene rings is 3. The molecule has 0 saturated carbocycles. The fourth-order valence-corrected chi connectivity index (χ4v) is 5.46. The first-order valence-corrected chi connectivity index (χ1v) is 13.1. The van der Waals surface area contributed by atoms with Gasteiger partial charge in [0.1, 0.15) is 6.54 Å². The number of halogens is 1. The Kier molecular flexibility index (Phi) is 8.39. The lowest BCUT2D eigenvalue weighted by atomic mass is 9.97. The maximum atomic E-state index is 13.7. The molecule has 3 rings (SSSR count). The molecule has 1 N–H and O–H groups in total. The van der Waals surface area contributed by atoms with Gasteiger partial charge in [-0.1, -0.05) is 79.5 Å². The Bertz CT molecular complexity index is 1230. The molecule has 3 aromatic carbocycles. The van der Waals surface area contributed by atoms with Crippen LogP contribution in [0.25, 0.3) is 0 Å². The van der Waals surface area contributed by atoms with Crippen LogP contribution in [0.2, 0.25) is 5.02 Å². The third-order valence-electron chi connectivity index (χ3n) is 5.65. The van der Waals surface area contributed by atoms with Crippen molar-refractivity contribution in [3.05, 3.63) is 94.5 Å². The van der Waals surface area contributed by atoms with Crippen molar-refractivity contribution >= 4 is 33.2 Å². The fraction of sp³-hybridized carbons (Fsp3) is 0.296. The first-order chi connectivity index (χ1) is 16.1. The zero-order chi connectivity index (χ0) is 24.9. The van der Waals surface area contributed by atoms with E-state index in [9.17, 15) is 13.2 Å². The smallest absolute Gasteiger partial charge is 0.264 e. The minimum absolute atomic E-state index is 0.118. The molecule has 3 aromatic rings. The number of carbonyl (C=O) groups excluding carboxylic acids is 1. The summed E-state index contributed by atoms with van der Waals surface area (Å²) in [5.74, 6) is -0.0439. The molecule has 5 nitrogen and oxygen atoms in total. The normalized spacial score (nSPS) is 12.4. The van der Waals surface area contributed by atoms with E-state index in [-0.39, 0.29) is 23.4 Å². The van der Waals surface area contributed by atoms with E-state index in [1.54, 1.807) is 49.4 Å². The van der Waals surface area contributed by atoms with Gasteiger partial charge in [-0.2, -0.15) is 0 Å². The molecular weight excluding hydrogens is 468 g/mol. The summed E-state index contributed by atoms with van der Waals surface area (Å²) in [5.41, 5.74) is 2.90. The number of rotatable bonds is 9. The molecule has 0 saturated heterocycles. The van der Waals surface area contributed by atoms with Crippen molar-refractivity contribution in [3.63, 3.8) is 0 Å². The van der Waals surface area contributed by atoms with Crippen LogP contribution < -0.4 is 9.62 Å². The van der Waals surface area contributed by atoms with Crippen LogP contribution in [0, 0.1) is 19.8 Å². The average molecular weight is 499 g/mol. The molecule has 1 atom stereocenters. The molecule has 0 bridgehead atoms. The third-order valence-corrected chi connectivity index (χ3v) is 7.83. The summed E-state index contributed by atoms with van der Waals surface area (Å²) >= 11 is 6.31. The number of sulfonamides is 1. The minimum Gasteiger partial charge on any atom is -0.348 e. The lowest BCUT2D eigenvalue weighted by molar-refractivity contribution is -0.120. The number of nitrogens with one attached hydrogen (secondary N) is 1. The molecule has 1 amide bonds. The van der Waals surface area contributed by atoms with E-state index in [1.165, 1.54) is 0 Å². The van der Waals surface area contributed by atoms with Gasteiger partial charge in [-0.3, -0.25) is 9.10 Å². The lowest BCUT2D eigenvalue weighted by Gasteiger charge is -2.28. The van der Waals surface area contributed by atoms with Crippen molar-refractivity contribution in [2.24, 2.45) is 5.92 Å². The number of carbonyl (C=O) groups is 1. The number of hydrogen-bond donors (Lipinski definition) is 1. The molecule has 0 fully saturated rings. The van der Waals surface area contributed by atoms with Crippen molar-refractivity contribution in [1.82, 2.24) is 5.32 Å². The summed E-state index contributed by atoms with van der Waals surface area (Å²) in [7, 11) is -4.01. The Hall–Kier alpha value is -2.83. The number of aryl methyl sites for hydroxylation is 1. The monoisotopic (exact) mass is 498 g/mol. The van der Waals surface area contributed by atoms with Gasteiger partial charge in [0, 0.05) is 5.02 Å². The second-order valence-electron chi connectivity index (χ2n) is 8.87. The van der Waals surface area contributed by atoms with Gasteiger partial charge < -0.3 is 5.32 Å². The van der Waals surface area contributed by atoms with Crippen molar-refractivity contribution in [3.8, 4) is 0 Å². The Morgan fingerprint density at radius 3 is 2.21 bits per heavy atom. The Labute approximate surface area is 207 Å². The molecule has 34 heavy (non-hydrogen) atoms. The predicted octanol–water partition coefficient (Wildman–Crippen LogP) is 6.06. The first kappa shape index (κ1) is 25.8. The Balaban J connectivity index is 1.97. The third kappa shape index (κ3) is 6.19. The van der Waals surface area contributed by atoms with Crippen LogP contribution >= 0.6 is 11.6 Å². The van der Waals surface area contributed by atoms with Crippen LogP contribution in [0.4, 0.5) is 5.69 Å². The number of hydrogen-bond acceptors (Lipinski definition) is 3.